The molecule has 1 spiro atoms. The van der Waals surface area contributed by atoms with Crippen LogP contribution in [0.3, 0.4) is 0 Å². The van der Waals surface area contributed by atoms with Crippen LogP contribution in [0.4, 0.5) is 0 Å². The number of nitrogens with zero attached hydrogens (tertiary/aromatic N) is 2. The molecule has 1 aromatic rings. The highest BCUT2D eigenvalue weighted by Gasteiger charge is 2.48. The molecule has 1 aromatic carbocycles. The first-order valence-corrected chi connectivity index (χ1v) is 6.98. The number of piperidine rings is 1. The van der Waals surface area contributed by atoms with Crippen LogP contribution in [0, 0.1) is 22.7 Å². The first-order valence-electron chi connectivity index (χ1n) is 6.98. The predicted octanol–water partition coefficient (Wildman–Crippen LogP) is 3.20. The summed E-state index contributed by atoms with van der Waals surface area (Å²) in [6.07, 6.45) is 4.86. The van der Waals surface area contributed by atoms with Gasteiger partial charge in [-0.1, -0.05) is 30.3 Å². The Labute approximate surface area is 109 Å². The van der Waals surface area contributed by atoms with Crippen molar-refractivity contribution >= 4 is 0 Å². The van der Waals surface area contributed by atoms with Crippen molar-refractivity contribution < 1.29 is 0 Å². The van der Waals surface area contributed by atoms with Crippen molar-refractivity contribution in [1.29, 1.82) is 5.26 Å². The molecule has 2 heteroatoms. The maximum absolute atomic E-state index is 9.14. The van der Waals surface area contributed by atoms with Gasteiger partial charge in [0.2, 0.25) is 0 Å². The lowest BCUT2D eigenvalue weighted by Crippen LogP contribution is -2.48. The van der Waals surface area contributed by atoms with Crippen molar-refractivity contribution in [1.82, 2.24) is 4.90 Å². The second kappa shape index (κ2) is 4.74. The number of nitriles is 1. The fraction of sp³-hybridized carbons (Fsp3) is 0.562. The molecule has 0 bridgehead atoms. The average Bonchev–Trinajstić information content (AvgIpc) is 2.40. The summed E-state index contributed by atoms with van der Waals surface area (Å²) in [7, 11) is 0. The highest BCUT2D eigenvalue weighted by Crippen LogP contribution is 2.53. The molecule has 0 aromatic heterocycles. The van der Waals surface area contributed by atoms with Crippen LogP contribution in [0.5, 0.6) is 0 Å². The summed E-state index contributed by atoms with van der Waals surface area (Å²) >= 11 is 0. The maximum Gasteiger partial charge on any atom is 0.0661 e. The van der Waals surface area contributed by atoms with Crippen LogP contribution in [-0.2, 0) is 6.54 Å². The summed E-state index contributed by atoms with van der Waals surface area (Å²) in [6.45, 7) is 3.38. The Morgan fingerprint density at radius 2 is 1.89 bits per heavy atom. The minimum absolute atomic E-state index is 0.344. The second-order valence-electron chi connectivity index (χ2n) is 5.84. The Balaban J connectivity index is 1.56. The highest BCUT2D eigenvalue weighted by atomic mass is 15.1. The number of rotatable bonds is 2. The van der Waals surface area contributed by atoms with Crippen LogP contribution in [-0.4, -0.2) is 18.0 Å². The van der Waals surface area contributed by atoms with Crippen LogP contribution < -0.4 is 0 Å². The summed E-state index contributed by atoms with van der Waals surface area (Å²) in [6, 6.07) is 13.2. The molecule has 3 rings (SSSR count). The quantitative estimate of drug-likeness (QED) is 0.793. The lowest BCUT2D eigenvalue weighted by molar-refractivity contribution is -0.00800. The minimum Gasteiger partial charge on any atom is -0.299 e. The standard InChI is InChI=1S/C16H20N2/c17-12-15-6-7-16(15)8-10-18(11-9-16)13-14-4-2-1-3-5-14/h1-5,15H,6-11,13H2. The zero-order valence-electron chi connectivity index (χ0n) is 10.8. The molecule has 1 aliphatic carbocycles. The molecule has 1 heterocycles. The number of likely N-dealkylation sites (tertiary alicyclic amines) is 1. The SMILES string of the molecule is N#CC1CCC12CCN(Cc1ccccc1)CC2. The smallest absolute Gasteiger partial charge is 0.0661 e. The predicted molar refractivity (Wildman–Crippen MR) is 71.7 cm³/mol. The van der Waals surface area contributed by atoms with Gasteiger partial charge in [-0.25, -0.2) is 0 Å². The summed E-state index contributed by atoms with van der Waals surface area (Å²) in [5, 5.41) is 9.14. The average molecular weight is 240 g/mol. The van der Waals surface area contributed by atoms with E-state index in [9.17, 15) is 0 Å². The van der Waals surface area contributed by atoms with E-state index in [0.717, 1.165) is 26.1 Å². The van der Waals surface area contributed by atoms with Gasteiger partial charge in [-0.3, -0.25) is 4.90 Å². The fourth-order valence-corrected chi connectivity index (χ4v) is 3.49. The van der Waals surface area contributed by atoms with Crippen molar-refractivity contribution in [3.05, 3.63) is 35.9 Å². The summed E-state index contributed by atoms with van der Waals surface area (Å²) in [4.78, 5) is 2.54. The third kappa shape index (κ3) is 2.04. The minimum atomic E-state index is 0.344. The van der Waals surface area contributed by atoms with E-state index in [1.807, 2.05) is 0 Å². The lowest BCUT2D eigenvalue weighted by Gasteiger charge is -2.51. The van der Waals surface area contributed by atoms with E-state index in [4.69, 9.17) is 5.26 Å². The molecule has 2 aliphatic rings. The zero-order chi connectivity index (χ0) is 12.4. The second-order valence-corrected chi connectivity index (χ2v) is 5.84. The Bertz CT molecular complexity index is 438. The van der Waals surface area contributed by atoms with Gasteiger partial charge in [-0.05, 0) is 49.8 Å². The van der Waals surface area contributed by atoms with E-state index < -0.39 is 0 Å². The van der Waals surface area contributed by atoms with Gasteiger partial charge in [0.1, 0.15) is 0 Å². The third-order valence-electron chi connectivity index (χ3n) is 4.93. The monoisotopic (exact) mass is 240 g/mol. The van der Waals surface area contributed by atoms with Crippen molar-refractivity contribution in [2.45, 2.75) is 32.2 Å². The molecule has 2 fully saturated rings. The van der Waals surface area contributed by atoms with Crippen LogP contribution in [0.15, 0.2) is 30.3 Å². The summed E-state index contributed by atoms with van der Waals surface area (Å²) < 4.78 is 0. The van der Waals surface area contributed by atoms with E-state index in [0.29, 0.717) is 11.3 Å². The number of benzene rings is 1. The topological polar surface area (TPSA) is 27.0 Å². The van der Waals surface area contributed by atoms with Crippen molar-refractivity contribution in [2.24, 2.45) is 11.3 Å². The van der Waals surface area contributed by atoms with Crippen molar-refractivity contribution in [2.75, 3.05) is 13.1 Å². The molecular formula is C16H20N2. The lowest BCUT2D eigenvalue weighted by atomic mass is 9.56. The first kappa shape index (κ1) is 11.7. The van der Waals surface area contributed by atoms with Gasteiger partial charge in [-0.2, -0.15) is 5.26 Å². The normalized spacial score (nSPS) is 26.5. The van der Waals surface area contributed by atoms with Gasteiger partial charge < -0.3 is 0 Å². The van der Waals surface area contributed by atoms with E-state index in [-0.39, 0.29) is 0 Å². The molecule has 94 valence electrons. The van der Waals surface area contributed by atoms with Gasteiger partial charge in [0.15, 0.2) is 0 Å². The molecular weight excluding hydrogens is 220 g/mol. The van der Waals surface area contributed by atoms with Gasteiger partial charge in [0.05, 0.1) is 12.0 Å². The number of hydrogen-bond donors (Lipinski definition) is 0. The molecule has 1 aliphatic heterocycles. The Morgan fingerprint density at radius 3 is 2.44 bits per heavy atom. The maximum atomic E-state index is 9.14. The van der Waals surface area contributed by atoms with Gasteiger partial charge in [-0.15, -0.1) is 0 Å². The van der Waals surface area contributed by atoms with Crippen molar-refractivity contribution in [3.63, 3.8) is 0 Å². The molecule has 0 radical (unpaired) electrons. The van der Waals surface area contributed by atoms with Crippen LogP contribution in [0.2, 0.25) is 0 Å². The first-order chi connectivity index (χ1) is 8.82. The molecule has 2 nitrogen and oxygen atoms in total. The van der Waals surface area contributed by atoms with E-state index in [1.165, 1.54) is 24.8 Å². The van der Waals surface area contributed by atoms with E-state index >= 15 is 0 Å². The number of hydrogen-bond acceptors (Lipinski definition) is 2. The largest absolute Gasteiger partial charge is 0.299 e. The van der Waals surface area contributed by atoms with Gasteiger partial charge >= 0.3 is 0 Å². The molecule has 0 N–H and O–H groups in total. The van der Waals surface area contributed by atoms with Gasteiger partial charge in [0.25, 0.3) is 0 Å². The Kier molecular flexibility index (Phi) is 3.09. The summed E-state index contributed by atoms with van der Waals surface area (Å²) in [5.41, 5.74) is 1.79. The molecule has 18 heavy (non-hydrogen) atoms. The molecule has 1 saturated heterocycles. The molecule has 0 amide bonds. The molecule has 1 unspecified atom stereocenters. The van der Waals surface area contributed by atoms with E-state index in [2.05, 4.69) is 41.3 Å². The van der Waals surface area contributed by atoms with Crippen LogP contribution >= 0.6 is 0 Å². The highest BCUT2D eigenvalue weighted by molar-refractivity contribution is 5.15. The van der Waals surface area contributed by atoms with E-state index in [1.54, 1.807) is 0 Å². The Morgan fingerprint density at radius 1 is 1.17 bits per heavy atom. The van der Waals surface area contributed by atoms with Crippen LogP contribution in [0.1, 0.15) is 31.2 Å². The Hall–Kier alpha value is -1.33. The molecule has 1 atom stereocenters. The van der Waals surface area contributed by atoms with Crippen molar-refractivity contribution in [3.8, 4) is 6.07 Å². The summed E-state index contributed by atoms with van der Waals surface area (Å²) in [5.74, 6) is 0.344. The zero-order valence-corrected chi connectivity index (χ0v) is 10.8. The molecule has 1 saturated carbocycles. The third-order valence-corrected chi connectivity index (χ3v) is 4.93. The van der Waals surface area contributed by atoms with Gasteiger partial charge in [0, 0.05) is 6.54 Å². The fourth-order valence-electron chi connectivity index (χ4n) is 3.49. The van der Waals surface area contributed by atoms with Crippen LogP contribution in [0.25, 0.3) is 0 Å².